The first-order valence-electron chi connectivity index (χ1n) is 11.6. The van der Waals surface area contributed by atoms with Crippen molar-refractivity contribution in [1.29, 1.82) is 0 Å². The minimum Gasteiger partial charge on any atom is -0.493 e. The number of piperidine rings is 1. The second-order valence-corrected chi connectivity index (χ2v) is 8.65. The van der Waals surface area contributed by atoms with Crippen molar-refractivity contribution in [2.45, 2.75) is 38.8 Å². The lowest BCUT2D eigenvalue weighted by molar-refractivity contribution is -0.135. The maximum atomic E-state index is 12.7. The van der Waals surface area contributed by atoms with Crippen molar-refractivity contribution in [1.82, 2.24) is 9.80 Å². The van der Waals surface area contributed by atoms with Crippen molar-refractivity contribution in [2.24, 2.45) is 0 Å². The van der Waals surface area contributed by atoms with Gasteiger partial charge in [-0.05, 0) is 73.3 Å². The van der Waals surface area contributed by atoms with Crippen LogP contribution < -0.4 is 9.47 Å². The number of amides is 1. The van der Waals surface area contributed by atoms with Crippen molar-refractivity contribution >= 4 is 11.9 Å². The van der Waals surface area contributed by atoms with Crippen LogP contribution in [0.4, 0.5) is 0 Å². The zero-order valence-electron chi connectivity index (χ0n) is 19.5. The molecule has 0 aromatic heterocycles. The number of rotatable bonds is 7. The summed E-state index contributed by atoms with van der Waals surface area (Å²) >= 11 is 0. The Morgan fingerprint density at radius 3 is 2.21 bits per heavy atom. The summed E-state index contributed by atoms with van der Waals surface area (Å²) < 4.78 is 16.1. The molecule has 2 aliphatic heterocycles. The van der Waals surface area contributed by atoms with E-state index in [1.165, 1.54) is 24.8 Å². The van der Waals surface area contributed by atoms with Crippen LogP contribution >= 0.6 is 0 Å². The number of hydrogen-bond acceptors (Lipinski definition) is 6. The summed E-state index contributed by atoms with van der Waals surface area (Å²) in [5.41, 5.74) is 3.80. The van der Waals surface area contributed by atoms with Crippen molar-refractivity contribution in [3.05, 3.63) is 58.7 Å². The number of fused-ring (bicyclic) bond motifs is 1. The number of likely N-dealkylation sites (tertiary alicyclic amines) is 1. The SMILES string of the molecule is COc1cc2c(cc1OC)CN(C(=O)COC(=O)c1ccc(CN3CCCCC3)cc1)CC2. The van der Waals surface area contributed by atoms with Crippen molar-refractivity contribution in [3.8, 4) is 11.5 Å². The van der Waals surface area contributed by atoms with E-state index in [1.807, 2.05) is 24.3 Å². The standard InChI is InChI=1S/C26H32N2O5/c1-31-23-14-21-10-13-28(17-22(21)15-24(23)32-2)25(29)18-33-26(30)20-8-6-19(7-9-20)16-27-11-4-3-5-12-27/h6-9,14-15H,3-5,10-13,16-18H2,1-2H3. The summed E-state index contributed by atoms with van der Waals surface area (Å²) in [4.78, 5) is 29.3. The van der Waals surface area contributed by atoms with Crippen molar-refractivity contribution in [2.75, 3.05) is 40.5 Å². The molecule has 1 amide bonds. The zero-order chi connectivity index (χ0) is 23.2. The number of carbonyl (C=O) groups is 2. The maximum absolute atomic E-state index is 12.7. The van der Waals surface area contributed by atoms with E-state index >= 15 is 0 Å². The summed E-state index contributed by atoms with van der Waals surface area (Å²) in [5.74, 6) is 0.648. The fraction of sp³-hybridized carbons (Fsp3) is 0.462. The maximum Gasteiger partial charge on any atom is 0.338 e. The highest BCUT2D eigenvalue weighted by Crippen LogP contribution is 2.33. The highest BCUT2D eigenvalue weighted by atomic mass is 16.5. The number of nitrogens with zero attached hydrogens (tertiary/aromatic N) is 2. The van der Waals surface area contributed by atoms with Gasteiger partial charge in [0.2, 0.25) is 0 Å². The van der Waals surface area contributed by atoms with E-state index in [9.17, 15) is 9.59 Å². The minimum absolute atomic E-state index is 0.203. The van der Waals surface area contributed by atoms with Crippen LogP contribution in [0.1, 0.15) is 46.3 Å². The van der Waals surface area contributed by atoms with Gasteiger partial charge in [-0.15, -0.1) is 0 Å². The van der Waals surface area contributed by atoms with E-state index < -0.39 is 5.97 Å². The fourth-order valence-electron chi connectivity index (χ4n) is 4.52. The molecule has 2 aromatic rings. The molecule has 1 saturated heterocycles. The van der Waals surface area contributed by atoms with Crippen LogP contribution in [0.15, 0.2) is 36.4 Å². The minimum atomic E-state index is -0.475. The van der Waals surface area contributed by atoms with Gasteiger partial charge in [-0.1, -0.05) is 18.6 Å². The molecule has 0 aliphatic carbocycles. The van der Waals surface area contributed by atoms with Crippen LogP contribution in [0, 0.1) is 0 Å². The molecule has 0 spiro atoms. The highest BCUT2D eigenvalue weighted by Gasteiger charge is 2.24. The average molecular weight is 453 g/mol. The molecule has 2 aromatic carbocycles. The topological polar surface area (TPSA) is 68.3 Å². The summed E-state index contributed by atoms with van der Waals surface area (Å²) in [6.45, 7) is 3.93. The van der Waals surface area contributed by atoms with Gasteiger partial charge in [-0.2, -0.15) is 0 Å². The van der Waals surface area contributed by atoms with Gasteiger partial charge in [0.05, 0.1) is 19.8 Å². The van der Waals surface area contributed by atoms with Gasteiger partial charge >= 0.3 is 5.97 Å². The van der Waals surface area contributed by atoms with E-state index in [0.717, 1.165) is 30.8 Å². The van der Waals surface area contributed by atoms with Gasteiger partial charge in [0.25, 0.3) is 5.91 Å². The number of carbonyl (C=O) groups excluding carboxylic acids is 2. The Balaban J connectivity index is 1.29. The number of ether oxygens (including phenoxy) is 3. The molecule has 33 heavy (non-hydrogen) atoms. The lowest BCUT2D eigenvalue weighted by Gasteiger charge is -2.29. The second-order valence-electron chi connectivity index (χ2n) is 8.65. The molecule has 4 rings (SSSR count). The third-order valence-corrected chi connectivity index (χ3v) is 6.44. The normalized spacial score (nSPS) is 16.1. The van der Waals surface area contributed by atoms with E-state index in [-0.39, 0.29) is 12.5 Å². The third kappa shape index (κ3) is 5.66. The summed E-state index contributed by atoms with van der Waals surface area (Å²) in [7, 11) is 3.20. The third-order valence-electron chi connectivity index (χ3n) is 6.44. The molecule has 0 N–H and O–H groups in total. The molecule has 1 fully saturated rings. The first-order chi connectivity index (χ1) is 16.1. The number of hydrogen-bond donors (Lipinski definition) is 0. The van der Waals surface area contributed by atoms with E-state index in [4.69, 9.17) is 14.2 Å². The molecule has 0 unspecified atom stereocenters. The Morgan fingerprint density at radius 2 is 1.55 bits per heavy atom. The molecule has 2 aliphatic rings. The molecule has 7 nitrogen and oxygen atoms in total. The van der Waals surface area contributed by atoms with Crippen molar-refractivity contribution in [3.63, 3.8) is 0 Å². The predicted molar refractivity (Wildman–Crippen MR) is 125 cm³/mol. The van der Waals surface area contributed by atoms with E-state index in [1.54, 1.807) is 31.3 Å². The molecule has 0 bridgehead atoms. The molecule has 0 atom stereocenters. The average Bonchev–Trinajstić information content (AvgIpc) is 2.86. The van der Waals surface area contributed by atoms with Crippen LogP contribution in [0.25, 0.3) is 0 Å². The molecule has 176 valence electrons. The second kappa shape index (κ2) is 10.7. The van der Waals surface area contributed by atoms with Gasteiger partial charge in [-0.25, -0.2) is 4.79 Å². The Labute approximate surface area is 195 Å². The summed E-state index contributed by atoms with van der Waals surface area (Å²) in [5, 5.41) is 0. The summed E-state index contributed by atoms with van der Waals surface area (Å²) in [6, 6.07) is 11.4. The van der Waals surface area contributed by atoms with Crippen LogP contribution in [0.5, 0.6) is 11.5 Å². The van der Waals surface area contributed by atoms with E-state index in [2.05, 4.69) is 4.90 Å². The molecule has 2 heterocycles. The molecule has 7 heteroatoms. The van der Waals surface area contributed by atoms with Gasteiger partial charge in [0, 0.05) is 19.6 Å². The van der Waals surface area contributed by atoms with Crippen LogP contribution in [0.2, 0.25) is 0 Å². The fourth-order valence-corrected chi connectivity index (χ4v) is 4.52. The lowest BCUT2D eigenvalue weighted by Crippen LogP contribution is -2.38. The van der Waals surface area contributed by atoms with E-state index in [0.29, 0.717) is 36.6 Å². The Kier molecular flexibility index (Phi) is 7.50. The Hall–Kier alpha value is -3.06. The van der Waals surface area contributed by atoms with Gasteiger partial charge < -0.3 is 19.1 Å². The number of methoxy groups -OCH3 is 2. The van der Waals surface area contributed by atoms with Crippen LogP contribution in [0.3, 0.4) is 0 Å². The highest BCUT2D eigenvalue weighted by molar-refractivity contribution is 5.91. The van der Waals surface area contributed by atoms with Gasteiger partial charge in [-0.3, -0.25) is 9.69 Å². The first kappa shape index (κ1) is 23.1. The molecular weight excluding hydrogens is 420 g/mol. The zero-order valence-corrected chi connectivity index (χ0v) is 19.5. The largest absolute Gasteiger partial charge is 0.493 e. The van der Waals surface area contributed by atoms with Crippen LogP contribution in [-0.4, -0.2) is 62.1 Å². The lowest BCUT2D eigenvalue weighted by atomic mass is 9.99. The monoisotopic (exact) mass is 452 g/mol. The summed E-state index contributed by atoms with van der Waals surface area (Å²) in [6.07, 6.45) is 4.53. The Bertz CT molecular complexity index is 983. The number of esters is 1. The van der Waals surface area contributed by atoms with Gasteiger partial charge in [0.1, 0.15) is 0 Å². The van der Waals surface area contributed by atoms with Crippen LogP contribution in [-0.2, 0) is 29.0 Å². The quantitative estimate of drug-likeness (QED) is 0.600. The predicted octanol–water partition coefficient (Wildman–Crippen LogP) is 3.43. The van der Waals surface area contributed by atoms with Gasteiger partial charge in [0.15, 0.2) is 18.1 Å². The molecular formula is C26H32N2O5. The number of benzene rings is 2. The Morgan fingerprint density at radius 1 is 0.879 bits per heavy atom. The molecule has 0 radical (unpaired) electrons. The van der Waals surface area contributed by atoms with Crippen molar-refractivity contribution < 1.29 is 23.8 Å². The smallest absolute Gasteiger partial charge is 0.338 e. The first-order valence-corrected chi connectivity index (χ1v) is 11.6. The molecule has 0 saturated carbocycles.